The maximum absolute atomic E-state index is 12.9. The predicted molar refractivity (Wildman–Crippen MR) is 125 cm³/mol. The number of aromatic hydroxyl groups is 1. The number of hydrogen-bond donors (Lipinski definition) is 5. The third-order valence-electron chi connectivity index (χ3n) is 5.80. The molecule has 0 saturated carbocycles. The van der Waals surface area contributed by atoms with E-state index in [-0.39, 0.29) is 39.9 Å². The molecule has 5 N–H and O–H groups in total. The Bertz CT molecular complexity index is 1330. The number of phenolic OH excluding ortho intramolecular Hbond substituents is 1. The van der Waals surface area contributed by atoms with Crippen molar-refractivity contribution in [1.29, 1.82) is 0 Å². The van der Waals surface area contributed by atoms with Crippen LogP contribution in [0.5, 0.6) is 11.5 Å². The average Bonchev–Trinajstić information content (AvgIpc) is 2.88. The van der Waals surface area contributed by atoms with Gasteiger partial charge < -0.3 is 44.2 Å². The SMILES string of the molecule is O=C(O)CCC(=O)OCC1OC(Oc2ccc3c(=O)c(-c4ccc(O)cc4)coc3c2)C(O)C(O)C1O. The smallest absolute Gasteiger partial charge is 0.306 e. The number of fused-ring (bicyclic) bond motifs is 1. The number of aliphatic hydroxyl groups excluding tert-OH is 3. The van der Waals surface area contributed by atoms with E-state index in [1.165, 1.54) is 36.6 Å². The number of phenols is 1. The number of benzene rings is 2. The van der Waals surface area contributed by atoms with E-state index in [1.807, 2.05) is 0 Å². The first kappa shape index (κ1) is 26.1. The fourth-order valence-electron chi connectivity index (χ4n) is 3.76. The molecular formula is C25H24O12. The molecule has 2 aromatic carbocycles. The minimum absolute atomic E-state index is 0.0547. The first-order valence-corrected chi connectivity index (χ1v) is 11.2. The fourth-order valence-corrected chi connectivity index (χ4v) is 3.76. The second kappa shape index (κ2) is 11.0. The molecule has 1 fully saturated rings. The van der Waals surface area contributed by atoms with E-state index in [9.17, 15) is 34.8 Å². The molecule has 5 unspecified atom stereocenters. The van der Waals surface area contributed by atoms with Gasteiger partial charge in [-0.05, 0) is 29.8 Å². The molecule has 2 heterocycles. The highest BCUT2D eigenvalue weighted by atomic mass is 16.7. The number of ether oxygens (including phenoxy) is 3. The topological polar surface area (TPSA) is 193 Å². The minimum atomic E-state index is -1.70. The lowest BCUT2D eigenvalue weighted by Gasteiger charge is -2.39. The maximum Gasteiger partial charge on any atom is 0.306 e. The molecule has 4 rings (SSSR count). The Morgan fingerprint density at radius 1 is 0.946 bits per heavy atom. The molecule has 1 aliphatic rings. The quantitative estimate of drug-likeness (QED) is 0.264. The number of carbonyl (C=O) groups excluding carboxylic acids is 1. The largest absolute Gasteiger partial charge is 0.508 e. The Balaban J connectivity index is 1.48. The normalized spacial score (nSPS) is 23.5. The van der Waals surface area contributed by atoms with Gasteiger partial charge in [-0.15, -0.1) is 0 Å². The fraction of sp³-hybridized carbons (Fsp3) is 0.320. The molecule has 12 heteroatoms. The summed E-state index contributed by atoms with van der Waals surface area (Å²) in [6.07, 6.45) is -7.31. The Morgan fingerprint density at radius 3 is 2.38 bits per heavy atom. The van der Waals surface area contributed by atoms with Crippen LogP contribution in [0.1, 0.15) is 12.8 Å². The van der Waals surface area contributed by atoms with Crippen molar-refractivity contribution in [3.8, 4) is 22.6 Å². The van der Waals surface area contributed by atoms with E-state index in [2.05, 4.69) is 0 Å². The molecule has 0 bridgehead atoms. The van der Waals surface area contributed by atoms with Gasteiger partial charge in [0.2, 0.25) is 6.29 Å². The number of aliphatic hydroxyl groups is 3. The standard InChI is InChI=1S/C25H24O12/c26-13-3-1-12(2-4-13)16-10-34-17-9-14(5-6-15(17)21(16)30)36-25-24(33)23(32)22(31)18(37-25)11-35-20(29)8-7-19(27)28/h1-6,9-10,18,22-26,31-33H,7-8,11H2,(H,27,28). The molecule has 0 spiro atoms. The number of hydrogen-bond acceptors (Lipinski definition) is 11. The first-order chi connectivity index (χ1) is 17.6. The van der Waals surface area contributed by atoms with Crippen molar-refractivity contribution in [2.75, 3.05) is 6.61 Å². The predicted octanol–water partition coefficient (Wildman–Crippen LogP) is 0.760. The van der Waals surface area contributed by atoms with Gasteiger partial charge in [0.15, 0.2) is 5.43 Å². The lowest BCUT2D eigenvalue weighted by atomic mass is 9.99. The molecule has 0 amide bonds. The Labute approximate surface area is 208 Å². The van der Waals surface area contributed by atoms with Gasteiger partial charge in [-0.2, -0.15) is 0 Å². The van der Waals surface area contributed by atoms with Crippen LogP contribution in [0, 0.1) is 0 Å². The van der Waals surface area contributed by atoms with Gasteiger partial charge in [-0.1, -0.05) is 12.1 Å². The van der Waals surface area contributed by atoms with E-state index >= 15 is 0 Å². The van der Waals surface area contributed by atoms with Crippen LogP contribution in [-0.2, 0) is 19.1 Å². The summed E-state index contributed by atoms with van der Waals surface area (Å²) in [7, 11) is 0. The monoisotopic (exact) mass is 516 g/mol. The van der Waals surface area contributed by atoms with E-state index < -0.39 is 55.7 Å². The molecule has 3 aromatic rings. The van der Waals surface area contributed by atoms with Gasteiger partial charge in [0.1, 0.15) is 54.4 Å². The highest BCUT2D eigenvalue weighted by Gasteiger charge is 2.45. The lowest BCUT2D eigenvalue weighted by molar-refractivity contribution is -0.278. The molecular weight excluding hydrogens is 492 g/mol. The molecule has 1 saturated heterocycles. The van der Waals surface area contributed by atoms with Crippen LogP contribution < -0.4 is 10.2 Å². The van der Waals surface area contributed by atoms with Crippen LogP contribution in [0.15, 0.2) is 57.9 Å². The van der Waals surface area contributed by atoms with Crippen molar-refractivity contribution in [2.24, 2.45) is 0 Å². The molecule has 12 nitrogen and oxygen atoms in total. The van der Waals surface area contributed by atoms with Gasteiger partial charge in [-0.25, -0.2) is 0 Å². The van der Waals surface area contributed by atoms with Gasteiger partial charge in [0.25, 0.3) is 0 Å². The zero-order valence-corrected chi connectivity index (χ0v) is 19.2. The molecule has 0 radical (unpaired) electrons. The number of carboxylic acids is 1. The Morgan fingerprint density at radius 2 is 1.68 bits per heavy atom. The van der Waals surface area contributed by atoms with E-state index in [0.717, 1.165) is 0 Å². The summed E-state index contributed by atoms with van der Waals surface area (Å²) in [6, 6.07) is 10.3. The maximum atomic E-state index is 12.9. The highest BCUT2D eigenvalue weighted by molar-refractivity contribution is 5.82. The summed E-state index contributed by atoms with van der Waals surface area (Å²) in [6.45, 7) is -0.518. The third kappa shape index (κ3) is 5.89. The van der Waals surface area contributed by atoms with Gasteiger partial charge in [0.05, 0.1) is 23.8 Å². The van der Waals surface area contributed by atoms with Crippen molar-refractivity contribution < 1.29 is 53.7 Å². The molecule has 196 valence electrons. The van der Waals surface area contributed by atoms with E-state index in [1.54, 1.807) is 12.1 Å². The van der Waals surface area contributed by atoms with Crippen LogP contribution in [0.3, 0.4) is 0 Å². The second-order valence-corrected chi connectivity index (χ2v) is 8.39. The molecule has 0 aliphatic carbocycles. The van der Waals surface area contributed by atoms with Crippen LogP contribution in [0.25, 0.3) is 22.1 Å². The number of carbonyl (C=O) groups is 2. The summed E-state index contributed by atoms with van der Waals surface area (Å²) in [5, 5.41) is 49.1. The van der Waals surface area contributed by atoms with Crippen molar-refractivity contribution in [2.45, 2.75) is 43.5 Å². The zero-order valence-electron chi connectivity index (χ0n) is 19.2. The van der Waals surface area contributed by atoms with Crippen LogP contribution in [-0.4, -0.2) is 74.8 Å². The summed E-state index contributed by atoms with van der Waals surface area (Å²) in [5.74, 6) is -1.86. The molecule has 5 atom stereocenters. The number of rotatable bonds is 8. The van der Waals surface area contributed by atoms with Crippen molar-refractivity contribution in [3.05, 3.63) is 59.0 Å². The van der Waals surface area contributed by atoms with Gasteiger partial charge in [0, 0.05) is 6.07 Å². The number of aliphatic carboxylic acids is 1. The minimum Gasteiger partial charge on any atom is -0.508 e. The average molecular weight is 516 g/mol. The Hall–Kier alpha value is -3.97. The summed E-state index contributed by atoms with van der Waals surface area (Å²) < 4.78 is 21.6. The molecule has 1 aliphatic heterocycles. The summed E-state index contributed by atoms with van der Waals surface area (Å²) in [5.41, 5.74) is 0.676. The van der Waals surface area contributed by atoms with Crippen LogP contribution >= 0.6 is 0 Å². The molecule has 1 aromatic heterocycles. The third-order valence-corrected chi connectivity index (χ3v) is 5.80. The Kier molecular flexibility index (Phi) is 7.74. The second-order valence-electron chi connectivity index (χ2n) is 8.39. The number of carboxylic acid groups (broad SMARTS) is 1. The zero-order chi connectivity index (χ0) is 26.7. The van der Waals surface area contributed by atoms with Crippen molar-refractivity contribution in [1.82, 2.24) is 0 Å². The van der Waals surface area contributed by atoms with Crippen LogP contribution in [0.4, 0.5) is 0 Å². The van der Waals surface area contributed by atoms with Crippen molar-refractivity contribution in [3.63, 3.8) is 0 Å². The molecule has 37 heavy (non-hydrogen) atoms. The lowest BCUT2D eigenvalue weighted by Crippen LogP contribution is -2.60. The number of esters is 1. The van der Waals surface area contributed by atoms with E-state index in [0.29, 0.717) is 5.56 Å². The van der Waals surface area contributed by atoms with Crippen LogP contribution in [0.2, 0.25) is 0 Å². The summed E-state index contributed by atoms with van der Waals surface area (Å²) >= 11 is 0. The first-order valence-electron chi connectivity index (χ1n) is 11.2. The van der Waals surface area contributed by atoms with E-state index in [4.69, 9.17) is 23.7 Å². The highest BCUT2D eigenvalue weighted by Crippen LogP contribution is 2.28. The van der Waals surface area contributed by atoms with Crippen molar-refractivity contribution >= 4 is 22.9 Å². The van der Waals surface area contributed by atoms with Gasteiger partial charge in [-0.3, -0.25) is 14.4 Å². The summed E-state index contributed by atoms with van der Waals surface area (Å²) in [4.78, 5) is 35.2. The van der Waals surface area contributed by atoms with Gasteiger partial charge >= 0.3 is 11.9 Å².